The number of phenolic OH excluding ortho intramolecular Hbond substituents is 1. The molecular weight excluding hydrogens is 1080 g/mol. The predicted molar refractivity (Wildman–Crippen MR) is 210 cm³/mol. The number of benzene rings is 4. The Bertz CT molecular complexity index is 2910. The van der Waals surface area contributed by atoms with E-state index in [1.165, 1.54) is 12.1 Å². The number of nitrogens with two attached hydrogens (primary N) is 1. The molecule has 0 atom stereocenters. The van der Waals surface area contributed by atoms with E-state index in [0.29, 0.717) is 12.1 Å². The minimum atomic E-state index is -5.41. The van der Waals surface area contributed by atoms with Gasteiger partial charge in [-0.1, -0.05) is 0 Å². The normalized spacial score (nSPS) is 12.0. The van der Waals surface area contributed by atoms with Gasteiger partial charge in [0.05, 0.1) is 61.4 Å². The summed E-state index contributed by atoms with van der Waals surface area (Å²) in [4.78, 5) is 9.11. The van der Waals surface area contributed by atoms with Crippen LogP contribution in [-0.2, 0) is 71.8 Å². The molecule has 1 amide bonds. The molecule has 28 nitrogen and oxygen atoms in total. The number of nitrogens with zero attached hydrogens (tertiary/aromatic N) is 6. The first kappa shape index (κ1) is 66.9. The van der Waals surface area contributed by atoms with E-state index in [-0.39, 0.29) is 177 Å². The fraction of sp³-hybridized carbons (Fsp3) is 0.167. The zero-order valence-electron chi connectivity index (χ0n) is 35.6. The van der Waals surface area contributed by atoms with Gasteiger partial charge in [0.2, 0.25) is 5.91 Å². The maximum absolute atomic E-state index is 12.7. The molecule has 4 N–H and O–H groups in total. The average molecular weight is 1100 g/mol. The summed E-state index contributed by atoms with van der Waals surface area (Å²) >= 11 is 0.150. The minimum Gasteiger partial charge on any atom is -0.744 e. The molecule has 0 aromatic heterocycles. The van der Waals surface area contributed by atoms with Crippen molar-refractivity contribution in [3.05, 3.63) is 66.7 Å². The monoisotopic (exact) mass is 1100 g/mol. The van der Waals surface area contributed by atoms with Crippen LogP contribution in [0.2, 0.25) is 0 Å². The van der Waals surface area contributed by atoms with Gasteiger partial charge < -0.3 is 35.8 Å². The number of amides is 1. The smallest absolute Gasteiger partial charge is 0.744 e. The third-order valence-electron chi connectivity index (χ3n) is 7.42. The van der Waals surface area contributed by atoms with Crippen LogP contribution in [0.4, 0.5) is 45.5 Å². The van der Waals surface area contributed by atoms with E-state index in [9.17, 15) is 63.2 Å². The number of nitrogens with one attached hydrogen (secondary N) is 1. The summed E-state index contributed by atoms with van der Waals surface area (Å²) < 4.78 is 141. The summed E-state index contributed by atoms with van der Waals surface area (Å²) in [6, 6.07) is 10.4. The van der Waals surface area contributed by atoms with Crippen LogP contribution in [0.25, 0.3) is 0 Å². The second-order valence-corrected chi connectivity index (χ2v) is 19.7. The molecule has 0 heterocycles. The number of aromatic hydroxyl groups is 1. The molecule has 0 unspecified atom stereocenters. The molecule has 4 aromatic carbocycles. The van der Waals surface area contributed by atoms with Crippen LogP contribution in [0.1, 0.15) is 6.92 Å². The van der Waals surface area contributed by atoms with Gasteiger partial charge in [0, 0.05) is 13.0 Å². The van der Waals surface area contributed by atoms with Crippen molar-refractivity contribution < 1.29 is 209 Å². The summed E-state index contributed by atoms with van der Waals surface area (Å²) in [6.07, 6.45) is 0. The Labute approximate surface area is 483 Å². The fourth-order valence-electron chi connectivity index (χ4n) is 4.63. The number of azo groups is 3. The van der Waals surface area contributed by atoms with Crippen LogP contribution in [0.15, 0.2) is 117 Å². The summed E-state index contributed by atoms with van der Waals surface area (Å²) in [5, 5.41) is 61.3. The van der Waals surface area contributed by atoms with Crippen molar-refractivity contribution in [1.29, 1.82) is 0 Å². The van der Waals surface area contributed by atoms with Gasteiger partial charge in [-0.3, -0.25) is 23.2 Å². The van der Waals surface area contributed by atoms with E-state index < -0.39 is 107 Å². The quantitative estimate of drug-likeness (QED) is 0.00907. The molecule has 4 rings (SSSR count). The Balaban J connectivity index is 0.0000112. The van der Waals surface area contributed by atoms with E-state index in [2.05, 4.69) is 58.9 Å². The van der Waals surface area contributed by atoms with Crippen molar-refractivity contribution in [2.24, 2.45) is 30.7 Å². The molecule has 38 heteroatoms. The number of carbonyl (C=O) groups excluding carboxylic acids is 1. The van der Waals surface area contributed by atoms with E-state index >= 15 is 0 Å². The molecule has 0 aliphatic carbocycles. The molecule has 0 aliphatic heterocycles. The Hall–Kier alpha value is -1.15. The predicted octanol–water partition coefficient (Wildman–Crippen LogP) is -8.84. The van der Waals surface area contributed by atoms with Gasteiger partial charge in [-0.2, -0.15) is 5.11 Å². The second-order valence-electron chi connectivity index (χ2n) is 11.7. The van der Waals surface area contributed by atoms with Crippen LogP contribution in [-0.4, -0.2) is 78.5 Å². The number of rotatable bonds is 23. The number of carbonyl (C=O) groups is 1. The Morgan fingerprint density at radius 1 is 0.618 bits per heavy atom. The van der Waals surface area contributed by atoms with Crippen LogP contribution >= 0.6 is 24.6 Å². The van der Waals surface area contributed by atoms with E-state index in [1.807, 2.05) is 0 Å². The van der Waals surface area contributed by atoms with E-state index in [1.54, 1.807) is 0 Å². The zero-order valence-corrected chi connectivity index (χ0v) is 48.5. The SMILES string of the molecule is CC(=O)Nc1cc(N=Nc2cc(N=Nc3ccc(S(=O)(=O)CCOSOO[O-])cc3S(=O)(=O)[O-])c(N)cc2O)c(S(=O)(=O)[O-])cc1N=Nc1ccc(S(=O)(=O)CCOSOO[O-])cc1.[Na+].[Na+].[Na+].[Na+]. The van der Waals surface area contributed by atoms with Crippen molar-refractivity contribution in [2.45, 2.75) is 26.5 Å². The van der Waals surface area contributed by atoms with Crippen molar-refractivity contribution in [3.63, 3.8) is 0 Å². The molecular formula is C30H26N8Na4O20S6. The third kappa shape index (κ3) is 20.8. The van der Waals surface area contributed by atoms with Crippen molar-refractivity contribution in [2.75, 3.05) is 35.8 Å². The number of nitrogen functional groups attached to an aromatic ring is 1. The number of hydrogen-bond donors (Lipinski definition) is 3. The summed E-state index contributed by atoms with van der Waals surface area (Å²) in [7, 11) is -19.0. The minimum absolute atomic E-state index is 0. The average Bonchev–Trinajstić information content (AvgIpc) is 3.21. The van der Waals surface area contributed by atoms with Gasteiger partial charge in [-0.25, -0.2) is 33.7 Å². The maximum Gasteiger partial charge on any atom is 1.00 e. The number of sulfone groups is 2. The van der Waals surface area contributed by atoms with Gasteiger partial charge >= 0.3 is 118 Å². The number of anilines is 2. The van der Waals surface area contributed by atoms with Crippen molar-refractivity contribution in [3.8, 4) is 5.75 Å². The Morgan fingerprint density at radius 3 is 1.62 bits per heavy atom. The molecule has 0 aliphatic rings. The largest absolute Gasteiger partial charge is 1.00 e. The Kier molecular flexibility index (Phi) is 30.3. The molecule has 346 valence electrons. The third-order valence-corrected chi connectivity index (χ3v) is 13.3. The maximum atomic E-state index is 12.7. The Morgan fingerprint density at radius 2 is 1.09 bits per heavy atom. The molecule has 0 saturated carbocycles. The van der Waals surface area contributed by atoms with Crippen LogP contribution in [0.5, 0.6) is 5.75 Å². The topological polar surface area (TPSA) is 434 Å². The molecule has 0 fully saturated rings. The zero-order chi connectivity index (χ0) is 47.3. The summed E-state index contributed by atoms with van der Waals surface area (Å²) in [5.74, 6) is -2.69. The van der Waals surface area contributed by atoms with Crippen molar-refractivity contribution in [1.82, 2.24) is 0 Å². The van der Waals surface area contributed by atoms with Gasteiger partial charge in [0.15, 0.2) is 44.3 Å². The van der Waals surface area contributed by atoms with Crippen molar-refractivity contribution >= 4 is 116 Å². The van der Waals surface area contributed by atoms with E-state index in [0.717, 1.165) is 49.4 Å². The molecule has 4 aromatic rings. The first-order valence-electron chi connectivity index (χ1n) is 16.5. The van der Waals surface area contributed by atoms with Crippen LogP contribution < -0.4 is 140 Å². The van der Waals surface area contributed by atoms with Gasteiger partial charge in [0.25, 0.3) is 0 Å². The van der Waals surface area contributed by atoms with Gasteiger partial charge in [0.1, 0.15) is 54.4 Å². The number of hydrogen-bond acceptors (Lipinski definition) is 29. The molecule has 0 saturated heterocycles. The van der Waals surface area contributed by atoms with Gasteiger partial charge in [-0.15, -0.1) is 34.2 Å². The first-order valence-corrected chi connectivity index (χ1v) is 24.0. The molecule has 68 heavy (non-hydrogen) atoms. The summed E-state index contributed by atoms with van der Waals surface area (Å²) in [6.45, 7) is 0.133. The first-order chi connectivity index (χ1) is 30.1. The second kappa shape index (κ2) is 30.8. The van der Waals surface area contributed by atoms with Gasteiger partial charge in [-0.05, 0) is 60.7 Å². The molecule has 0 bridgehead atoms. The standard InChI is InChI=1S/C30H30N8O20S6.4Na/c1-17(39)32-24-15-27(30(64(50,51)52)16-25(24)36-33-18-2-4-19(5-3-18)61(43,44)10-8-53-59-57-55-41)38-37-26-14-23(21(31)13-28(26)40)35-34-22-7-6-20(12-29(22)63(47,48)49)62(45,46)11-9-54-60-58-56-42;;;;/h2-7,12-16,40-42H,8-11,31H2,1H3,(H,32,39)(H,47,48,49)(H,50,51,52);;;;/q;4*+1/p-4. The van der Waals surface area contributed by atoms with Crippen LogP contribution in [0, 0.1) is 0 Å². The molecule has 0 spiro atoms. The molecule has 0 radical (unpaired) electrons. The van der Waals surface area contributed by atoms with E-state index in [4.69, 9.17) is 9.92 Å². The number of phenols is 1. The fourth-order valence-corrected chi connectivity index (χ4v) is 8.79. The summed E-state index contributed by atoms with van der Waals surface area (Å²) in [5.41, 5.74) is 2.74. The van der Waals surface area contributed by atoms with Crippen LogP contribution in [0.3, 0.4) is 0 Å².